The molecule has 0 rings (SSSR count). The highest BCUT2D eigenvalue weighted by atomic mass is 16.5. The number of carbonyl (C=O) groups excluding carboxylic acids is 1. The number of ketones is 1. The SMILES string of the molecule is C=CCNCC(=O)COCC. The van der Waals surface area contributed by atoms with Gasteiger partial charge in [0, 0.05) is 13.2 Å². The molecule has 0 spiro atoms. The van der Waals surface area contributed by atoms with Gasteiger partial charge in [0.2, 0.25) is 0 Å². The highest BCUT2D eigenvalue weighted by Gasteiger charge is 1.98. The van der Waals surface area contributed by atoms with Crippen LogP contribution in [0.25, 0.3) is 0 Å². The average molecular weight is 157 g/mol. The standard InChI is InChI=1S/C8H15NO2/c1-3-5-9-6-8(10)7-11-4-2/h3,9H,1,4-7H2,2H3. The van der Waals surface area contributed by atoms with Crippen molar-refractivity contribution in [3.05, 3.63) is 12.7 Å². The van der Waals surface area contributed by atoms with Gasteiger partial charge >= 0.3 is 0 Å². The van der Waals surface area contributed by atoms with E-state index in [1.54, 1.807) is 6.08 Å². The minimum absolute atomic E-state index is 0.0775. The topological polar surface area (TPSA) is 38.3 Å². The fourth-order valence-corrected chi connectivity index (χ4v) is 0.581. The first kappa shape index (κ1) is 10.3. The second-order valence-electron chi connectivity index (χ2n) is 2.10. The van der Waals surface area contributed by atoms with Gasteiger partial charge in [0.25, 0.3) is 0 Å². The molecule has 0 aliphatic heterocycles. The van der Waals surface area contributed by atoms with Gasteiger partial charge in [0.15, 0.2) is 5.78 Å². The van der Waals surface area contributed by atoms with E-state index in [0.717, 1.165) is 0 Å². The van der Waals surface area contributed by atoms with Gasteiger partial charge in [-0.3, -0.25) is 4.79 Å². The molecule has 1 N–H and O–H groups in total. The van der Waals surface area contributed by atoms with Crippen LogP contribution in [0.1, 0.15) is 6.92 Å². The van der Waals surface area contributed by atoms with Crippen molar-refractivity contribution in [2.24, 2.45) is 0 Å². The number of Topliss-reactive ketones (excluding diaryl/α,β-unsaturated/α-hetero) is 1. The molecule has 0 aromatic heterocycles. The fraction of sp³-hybridized carbons (Fsp3) is 0.625. The highest BCUT2D eigenvalue weighted by molar-refractivity contribution is 5.81. The minimum Gasteiger partial charge on any atom is -0.374 e. The van der Waals surface area contributed by atoms with Gasteiger partial charge in [-0.2, -0.15) is 0 Å². The smallest absolute Gasteiger partial charge is 0.172 e. The van der Waals surface area contributed by atoms with Gasteiger partial charge in [-0.25, -0.2) is 0 Å². The van der Waals surface area contributed by atoms with Crippen LogP contribution in [0, 0.1) is 0 Å². The Morgan fingerprint density at radius 3 is 3.00 bits per heavy atom. The monoisotopic (exact) mass is 157 g/mol. The first-order valence-electron chi connectivity index (χ1n) is 3.72. The Kier molecular flexibility index (Phi) is 6.98. The summed E-state index contributed by atoms with van der Waals surface area (Å²) in [5.74, 6) is 0.0775. The molecule has 0 fully saturated rings. The Morgan fingerprint density at radius 1 is 1.73 bits per heavy atom. The quantitative estimate of drug-likeness (QED) is 0.428. The van der Waals surface area contributed by atoms with Crippen molar-refractivity contribution in [3.63, 3.8) is 0 Å². The zero-order valence-electron chi connectivity index (χ0n) is 6.93. The molecule has 0 bridgehead atoms. The summed E-state index contributed by atoms with van der Waals surface area (Å²) in [4.78, 5) is 10.9. The molecular formula is C8H15NO2. The third-order valence-corrected chi connectivity index (χ3v) is 1.08. The van der Waals surface area contributed by atoms with E-state index in [4.69, 9.17) is 4.74 Å². The first-order chi connectivity index (χ1) is 5.31. The lowest BCUT2D eigenvalue weighted by Crippen LogP contribution is -2.25. The molecule has 0 unspecified atom stereocenters. The van der Waals surface area contributed by atoms with Crippen LogP contribution in [0.3, 0.4) is 0 Å². The maximum Gasteiger partial charge on any atom is 0.172 e. The summed E-state index contributed by atoms with van der Waals surface area (Å²) in [7, 11) is 0. The number of carbonyl (C=O) groups is 1. The molecule has 0 atom stereocenters. The summed E-state index contributed by atoms with van der Waals surface area (Å²) >= 11 is 0. The summed E-state index contributed by atoms with van der Waals surface area (Å²) in [6.45, 7) is 7.21. The number of hydrogen-bond donors (Lipinski definition) is 1. The zero-order chi connectivity index (χ0) is 8.53. The lowest BCUT2D eigenvalue weighted by Gasteiger charge is -2.00. The lowest BCUT2D eigenvalue weighted by atomic mass is 10.4. The van der Waals surface area contributed by atoms with Crippen LogP contribution >= 0.6 is 0 Å². The summed E-state index contributed by atoms with van der Waals surface area (Å²) in [5, 5.41) is 2.90. The number of hydrogen-bond acceptors (Lipinski definition) is 3. The Morgan fingerprint density at radius 2 is 2.45 bits per heavy atom. The van der Waals surface area contributed by atoms with E-state index in [1.165, 1.54) is 0 Å². The van der Waals surface area contributed by atoms with Gasteiger partial charge in [-0.15, -0.1) is 6.58 Å². The molecule has 0 saturated carbocycles. The molecule has 0 amide bonds. The van der Waals surface area contributed by atoms with E-state index in [9.17, 15) is 4.79 Å². The van der Waals surface area contributed by atoms with Gasteiger partial charge in [-0.05, 0) is 6.92 Å². The second-order valence-corrected chi connectivity index (χ2v) is 2.10. The van der Waals surface area contributed by atoms with Crippen molar-refractivity contribution >= 4 is 5.78 Å². The summed E-state index contributed by atoms with van der Waals surface area (Å²) in [5.41, 5.74) is 0. The average Bonchev–Trinajstić information content (AvgIpc) is 2.01. The number of nitrogens with one attached hydrogen (secondary N) is 1. The van der Waals surface area contributed by atoms with Gasteiger partial charge in [-0.1, -0.05) is 6.08 Å². The molecule has 3 heteroatoms. The van der Waals surface area contributed by atoms with E-state index in [2.05, 4.69) is 11.9 Å². The van der Waals surface area contributed by atoms with E-state index < -0.39 is 0 Å². The molecule has 64 valence electrons. The molecule has 0 radical (unpaired) electrons. The van der Waals surface area contributed by atoms with E-state index in [-0.39, 0.29) is 12.4 Å². The molecule has 0 saturated heterocycles. The van der Waals surface area contributed by atoms with Crippen molar-refractivity contribution in [2.75, 3.05) is 26.3 Å². The van der Waals surface area contributed by atoms with E-state index in [0.29, 0.717) is 19.7 Å². The largest absolute Gasteiger partial charge is 0.374 e. The number of rotatable bonds is 7. The minimum atomic E-state index is 0.0775. The number of ether oxygens (including phenoxy) is 1. The van der Waals surface area contributed by atoms with Crippen molar-refractivity contribution < 1.29 is 9.53 Å². The maximum atomic E-state index is 10.9. The van der Waals surface area contributed by atoms with Crippen LogP contribution in [-0.4, -0.2) is 32.1 Å². The molecule has 3 nitrogen and oxygen atoms in total. The normalized spacial score (nSPS) is 9.55. The van der Waals surface area contributed by atoms with E-state index >= 15 is 0 Å². The van der Waals surface area contributed by atoms with Gasteiger partial charge < -0.3 is 10.1 Å². The van der Waals surface area contributed by atoms with E-state index in [1.807, 2.05) is 6.92 Å². The van der Waals surface area contributed by atoms with Crippen LogP contribution in [0.15, 0.2) is 12.7 Å². The first-order valence-corrected chi connectivity index (χ1v) is 3.72. The molecule has 0 aliphatic rings. The van der Waals surface area contributed by atoms with Crippen molar-refractivity contribution in [1.82, 2.24) is 5.32 Å². The van der Waals surface area contributed by atoms with Crippen LogP contribution < -0.4 is 5.32 Å². The molecule has 0 heterocycles. The third-order valence-electron chi connectivity index (χ3n) is 1.08. The Labute approximate surface area is 67.4 Å². The molecule has 11 heavy (non-hydrogen) atoms. The predicted octanol–water partition coefficient (Wildman–Crippen LogP) is 0.368. The van der Waals surface area contributed by atoms with Crippen LogP contribution in [-0.2, 0) is 9.53 Å². The summed E-state index contributed by atoms with van der Waals surface area (Å²) in [6.07, 6.45) is 1.72. The maximum absolute atomic E-state index is 10.9. The van der Waals surface area contributed by atoms with Crippen molar-refractivity contribution in [3.8, 4) is 0 Å². The van der Waals surface area contributed by atoms with Crippen molar-refractivity contribution in [1.29, 1.82) is 0 Å². The van der Waals surface area contributed by atoms with Crippen LogP contribution in [0.2, 0.25) is 0 Å². The van der Waals surface area contributed by atoms with Crippen LogP contribution in [0.4, 0.5) is 0 Å². The zero-order valence-corrected chi connectivity index (χ0v) is 6.93. The predicted molar refractivity (Wildman–Crippen MR) is 44.6 cm³/mol. The summed E-state index contributed by atoms with van der Waals surface area (Å²) in [6, 6.07) is 0. The van der Waals surface area contributed by atoms with Crippen LogP contribution in [0.5, 0.6) is 0 Å². The lowest BCUT2D eigenvalue weighted by molar-refractivity contribution is -0.122. The molecular weight excluding hydrogens is 142 g/mol. The fourth-order valence-electron chi connectivity index (χ4n) is 0.581. The molecule has 0 aliphatic carbocycles. The highest BCUT2D eigenvalue weighted by Crippen LogP contribution is 1.75. The van der Waals surface area contributed by atoms with Crippen molar-refractivity contribution in [2.45, 2.75) is 6.92 Å². The Balaban J connectivity index is 3.15. The van der Waals surface area contributed by atoms with Gasteiger partial charge in [0.05, 0.1) is 6.54 Å². The molecule has 0 aromatic carbocycles. The Hall–Kier alpha value is -0.670. The second kappa shape index (κ2) is 7.44. The summed E-state index contributed by atoms with van der Waals surface area (Å²) < 4.78 is 4.91. The molecule has 0 aromatic rings. The van der Waals surface area contributed by atoms with Gasteiger partial charge in [0.1, 0.15) is 6.61 Å². The third kappa shape index (κ3) is 7.22. The Bertz CT molecular complexity index is 123.